The van der Waals surface area contributed by atoms with Gasteiger partial charge in [-0.3, -0.25) is 9.80 Å². The first-order chi connectivity index (χ1) is 12.2. The Labute approximate surface area is 158 Å². The molecule has 0 radical (unpaired) electrons. The Morgan fingerprint density at radius 2 is 1.69 bits per heavy atom. The van der Waals surface area contributed by atoms with Gasteiger partial charge < -0.3 is 9.31 Å². The second kappa shape index (κ2) is 6.48. The number of piperazine rings is 1. The summed E-state index contributed by atoms with van der Waals surface area (Å²) in [7, 11) is -0.205. The van der Waals surface area contributed by atoms with Crippen LogP contribution < -0.4 is 0 Å². The van der Waals surface area contributed by atoms with Gasteiger partial charge in [0, 0.05) is 38.3 Å². The van der Waals surface area contributed by atoms with E-state index in [0.717, 1.165) is 26.2 Å². The third kappa shape index (κ3) is 3.26. The molecule has 4 rings (SSSR count). The topological polar surface area (TPSA) is 24.9 Å². The first-order valence-electron chi connectivity index (χ1n) is 9.83. The van der Waals surface area contributed by atoms with Crippen LogP contribution in [0, 0.1) is 0 Å². The smallest absolute Gasteiger partial charge is 0.400 e. The first-order valence-corrected chi connectivity index (χ1v) is 9.83. The van der Waals surface area contributed by atoms with Crippen LogP contribution in [0.2, 0.25) is 0 Å². The van der Waals surface area contributed by atoms with Gasteiger partial charge in [-0.05, 0) is 45.7 Å². The SMILES string of the molecule is C[C@H]1CN2CC(B3OC(C)(C)C(C)(C)O3)=C[C@H]2CN1Cc1ccccc1. The average molecular weight is 354 g/mol. The molecule has 4 nitrogen and oxygen atoms in total. The minimum absolute atomic E-state index is 0.205. The molecule has 0 aliphatic carbocycles. The fourth-order valence-corrected chi connectivity index (χ4v) is 4.19. The average Bonchev–Trinajstić information content (AvgIpc) is 3.06. The maximum Gasteiger partial charge on any atom is 0.491 e. The fourth-order valence-electron chi connectivity index (χ4n) is 4.19. The summed E-state index contributed by atoms with van der Waals surface area (Å²) >= 11 is 0. The van der Waals surface area contributed by atoms with Gasteiger partial charge in [-0.2, -0.15) is 0 Å². The Morgan fingerprint density at radius 3 is 2.35 bits per heavy atom. The Balaban J connectivity index is 1.45. The normalized spacial score (nSPS) is 31.1. The van der Waals surface area contributed by atoms with E-state index in [9.17, 15) is 0 Å². The number of hydrogen-bond acceptors (Lipinski definition) is 4. The Morgan fingerprint density at radius 1 is 1.04 bits per heavy atom. The summed E-state index contributed by atoms with van der Waals surface area (Å²) in [6.07, 6.45) is 2.39. The van der Waals surface area contributed by atoms with E-state index in [1.165, 1.54) is 11.0 Å². The third-order valence-corrected chi connectivity index (χ3v) is 6.59. The summed E-state index contributed by atoms with van der Waals surface area (Å²) in [5.41, 5.74) is 2.14. The summed E-state index contributed by atoms with van der Waals surface area (Å²) in [6, 6.07) is 11.8. The Bertz CT molecular complexity index is 673. The summed E-state index contributed by atoms with van der Waals surface area (Å²) in [4.78, 5) is 5.17. The molecule has 3 aliphatic rings. The molecule has 0 unspecified atom stereocenters. The van der Waals surface area contributed by atoms with Gasteiger partial charge in [0.05, 0.1) is 11.2 Å². The van der Waals surface area contributed by atoms with Crippen molar-refractivity contribution in [2.75, 3.05) is 19.6 Å². The molecule has 0 saturated carbocycles. The monoisotopic (exact) mass is 354 g/mol. The molecule has 0 aromatic heterocycles. The van der Waals surface area contributed by atoms with Gasteiger partial charge in [-0.25, -0.2) is 0 Å². The predicted molar refractivity (Wildman–Crippen MR) is 106 cm³/mol. The zero-order chi connectivity index (χ0) is 18.5. The van der Waals surface area contributed by atoms with E-state index in [-0.39, 0.29) is 18.3 Å². The summed E-state index contributed by atoms with van der Waals surface area (Å²) in [5.74, 6) is 0. The van der Waals surface area contributed by atoms with E-state index >= 15 is 0 Å². The van der Waals surface area contributed by atoms with Gasteiger partial charge in [0.1, 0.15) is 0 Å². The highest BCUT2D eigenvalue weighted by Gasteiger charge is 2.53. The lowest BCUT2D eigenvalue weighted by atomic mass is 9.78. The quantitative estimate of drug-likeness (QED) is 0.779. The lowest BCUT2D eigenvalue weighted by Crippen LogP contribution is -2.54. The molecule has 1 aromatic carbocycles. The molecular formula is C21H31BN2O2. The molecule has 3 heterocycles. The molecule has 3 aliphatic heterocycles. The summed E-state index contributed by atoms with van der Waals surface area (Å²) in [6.45, 7) is 15.0. The van der Waals surface area contributed by atoms with Crippen LogP contribution in [0.25, 0.3) is 0 Å². The number of benzene rings is 1. The highest BCUT2D eigenvalue weighted by atomic mass is 16.7. The second-order valence-corrected chi connectivity index (χ2v) is 9.09. The van der Waals surface area contributed by atoms with Crippen molar-refractivity contribution in [2.24, 2.45) is 0 Å². The van der Waals surface area contributed by atoms with Crippen LogP contribution in [-0.2, 0) is 15.9 Å². The zero-order valence-electron chi connectivity index (χ0n) is 16.7. The maximum absolute atomic E-state index is 6.27. The number of fused-ring (bicyclic) bond motifs is 1. The molecule has 1 aromatic rings. The Kier molecular flexibility index (Phi) is 4.55. The number of nitrogens with zero attached hydrogens (tertiary/aromatic N) is 2. The van der Waals surface area contributed by atoms with Crippen LogP contribution >= 0.6 is 0 Å². The van der Waals surface area contributed by atoms with Crippen molar-refractivity contribution in [1.82, 2.24) is 9.80 Å². The van der Waals surface area contributed by atoms with Gasteiger partial charge >= 0.3 is 7.12 Å². The molecule has 5 heteroatoms. The molecule has 0 spiro atoms. The van der Waals surface area contributed by atoms with E-state index in [1.54, 1.807) is 0 Å². The van der Waals surface area contributed by atoms with E-state index < -0.39 is 0 Å². The number of rotatable bonds is 3. The minimum atomic E-state index is -0.270. The maximum atomic E-state index is 6.27. The van der Waals surface area contributed by atoms with Crippen LogP contribution in [0.1, 0.15) is 40.2 Å². The van der Waals surface area contributed by atoms with Crippen molar-refractivity contribution in [1.29, 1.82) is 0 Å². The largest absolute Gasteiger partial charge is 0.491 e. The van der Waals surface area contributed by atoms with Gasteiger partial charge in [0.2, 0.25) is 0 Å². The van der Waals surface area contributed by atoms with E-state index in [1.807, 2.05) is 0 Å². The van der Waals surface area contributed by atoms with Crippen molar-refractivity contribution < 1.29 is 9.31 Å². The fraction of sp³-hybridized carbons (Fsp3) is 0.619. The lowest BCUT2D eigenvalue weighted by molar-refractivity contribution is 0.00578. The zero-order valence-corrected chi connectivity index (χ0v) is 16.7. The van der Waals surface area contributed by atoms with E-state index in [0.29, 0.717) is 12.1 Å². The van der Waals surface area contributed by atoms with Gasteiger partial charge in [-0.1, -0.05) is 36.4 Å². The molecule has 0 bridgehead atoms. The molecule has 0 N–H and O–H groups in total. The Hall–Kier alpha value is -1.14. The van der Waals surface area contributed by atoms with E-state index in [4.69, 9.17) is 9.31 Å². The molecule has 2 atom stereocenters. The van der Waals surface area contributed by atoms with Crippen LogP contribution in [0.3, 0.4) is 0 Å². The van der Waals surface area contributed by atoms with Crippen LogP contribution in [0.4, 0.5) is 0 Å². The van der Waals surface area contributed by atoms with Crippen LogP contribution in [-0.4, -0.2) is 59.8 Å². The van der Waals surface area contributed by atoms with Crippen molar-refractivity contribution >= 4 is 7.12 Å². The molecular weight excluding hydrogens is 323 g/mol. The van der Waals surface area contributed by atoms with Crippen LogP contribution in [0.5, 0.6) is 0 Å². The summed E-state index contributed by atoms with van der Waals surface area (Å²) < 4.78 is 12.5. The molecule has 2 fully saturated rings. The highest BCUT2D eigenvalue weighted by Crippen LogP contribution is 2.40. The first kappa shape index (κ1) is 18.2. The summed E-state index contributed by atoms with van der Waals surface area (Å²) in [5, 5.41) is 0. The van der Waals surface area contributed by atoms with Crippen molar-refractivity contribution in [3.8, 4) is 0 Å². The molecule has 0 amide bonds. The predicted octanol–water partition coefficient (Wildman–Crippen LogP) is 3.13. The van der Waals surface area contributed by atoms with E-state index in [2.05, 4.69) is 80.8 Å². The lowest BCUT2D eigenvalue weighted by Gasteiger charge is -2.42. The molecule has 26 heavy (non-hydrogen) atoms. The van der Waals surface area contributed by atoms with Crippen molar-refractivity contribution in [3.05, 3.63) is 47.4 Å². The number of hydrogen-bond donors (Lipinski definition) is 0. The second-order valence-electron chi connectivity index (χ2n) is 9.09. The van der Waals surface area contributed by atoms with Crippen molar-refractivity contribution in [3.63, 3.8) is 0 Å². The highest BCUT2D eigenvalue weighted by molar-refractivity contribution is 6.55. The van der Waals surface area contributed by atoms with Crippen molar-refractivity contribution in [2.45, 2.75) is 64.4 Å². The minimum Gasteiger partial charge on any atom is -0.400 e. The standard InChI is InChI=1S/C21H31BN2O2/c1-16-12-24-14-18(22-25-20(2,3)21(4,5)26-22)11-19(24)15-23(16)13-17-9-7-6-8-10-17/h6-11,16,19H,12-15H2,1-5H3/t16-,19-/m0/s1. The van der Waals surface area contributed by atoms with Crippen LogP contribution in [0.15, 0.2) is 41.9 Å². The van der Waals surface area contributed by atoms with Gasteiger partial charge in [0.15, 0.2) is 0 Å². The van der Waals surface area contributed by atoms with Gasteiger partial charge in [0.25, 0.3) is 0 Å². The molecule has 140 valence electrons. The van der Waals surface area contributed by atoms with Gasteiger partial charge in [-0.15, -0.1) is 0 Å². The molecule has 2 saturated heterocycles. The third-order valence-electron chi connectivity index (χ3n) is 6.59.